The second-order valence-corrected chi connectivity index (χ2v) is 8.60. The molecule has 0 spiro atoms. The van der Waals surface area contributed by atoms with Crippen LogP contribution >= 0.6 is 22.9 Å². The van der Waals surface area contributed by atoms with Gasteiger partial charge in [0.2, 0.25) is 0 Å². The van der Waals surface area contributed by atoms with Crippen molar-refractivity contribution in [2.75, 3.05) is 5.32 Å². The Hall–Kier alpha value is -2.40. The van der Waals surface area contributed by atoms with E-state index in [0.717, 1.165) is 36.0 Å². The molecule has 2 aliphatic carbocycles. The van der Waals surface area contributed by atoms with Crippen LogP contribution in [0.3, 0.4) is 0 Å². The van der Waals surface area contributed by atoms with Crippen LogP contribution in [0.2, 0.25) is 0 Å². The first-order chi connectivity index (χ1) is 13.7. The third kappa shape index (κ3) is 5.15. The lowest BCUT2D eigenvalue weighted by molar-refractivity contribution is -0.112. The fraction of sp³-hybridized carbons (Fsp3) is 0.444. The van der Waals surface area contributed by atoms with Crippen LogP contribution in [-0.4, -0.2) is 37.6 Å². The van der Waals surface area contributed by atoms with Crippen molar-refractivity contribution in [3.63, 3.8) is 0 Å². The number of aryl methyl sites for hydroxylation is 1. The Morgan fingerprint density at radius 1 is 1.28 bits per heavy atom. The number of amides is 1. The van der Waals surface area contributed by atoms with E-state index >= 15 is 0 Å². The normalized spacial score (nSPS) is 17.0. The molecule has 11 heteroatoms. The highest BCUT2D eigenvalue weighted by molar-refractivity contribution is 7.18. The standard InChI is InChI=1S/C17H17F2N3OS2.CH2O3/c1-9-20-16(25-22-9)13-11-6-7-17(18,19)8-12(11)24-15(13)21-14(23)10-4-2-3-5-10;2-1(3)4/h4H,2-3,5-8H2,1H3,(H,21,23);(H2,2,3,4). The van der Waals surface area contributed by atoms with Gasteiger partial charge < -0.3 is 15.5 Å². The number of carbonyl (C=O) groups excluding carboxylic acids is 1. The van der Waals surface area contributed by atoms with Gasteiger partial charge in [-0.3, -0.25) is 4.79 Å². The van der Waals surface area contributed by atoms with Gasteiger partial charge in [0, 0.05) is 23.3 Å². The SMILES string of the molecule is Cc1nsc(-c2c(NC(=O)C3=CCCC3)sc3c2CCC(F)(F)C3)n1.O=C(O)O. The highest BCUT2D eigenvalue weighted by Crippen LogP contribution is 2.47. The smallest absolute Gasteiger partial charge is 0.450 e. The van der Waals surface area contributed by atoms with Gasteiger partial charge in [0.05, 0.1) is 5.56 Å². The van der Waals surface area contributed by atoms with Gasteiger partial charge in [-0.05, 0) is 49.7 Å². The molecular weight excluding hydrogens is 424 g/mol. The first-order valence-corrected chi connectivity index (χ1v) is 10.5. The Labute approximate surface area is 173 Å². The van der Waals surface area contributed by atoms with E-state index in [1.54, 1.807) is 6.92 Å². The van der Waals surface area contributed by atoms with Gasteiger partial charge in [-0.2, -0.15) is 4.37 Å². The fourth-order valence-electron chi connectivity index (χ4n) is 3.32. The number of aromatic nitrogens is 2. The number of nitrogens with one attached hydrogen (secondary N) is 1. The minimum Gasteiger partial charge on any atom is -0.450 e. The molecule has 2 aromatic heterocycles. The number of halogens is 2. The lowest BCUT2D eigenvalue weighted by atomic mass is 9.93. The van der Waals surface area contributed by atoms with E-state index in [4.69, 9.17) is 15.0 Å². The Morgan fingerprint density at radius 3 is 2.59 bits per heavy atom. The van der Waals surface area contributed by atoms with Crippen LogP contribution in [-0.2, 0) is 17.6 Å². The van der Waals surface area contributed by atoms with Gasteiger partial charge in [-0.15, -0.1) is 11.3 Å². The van der Waals surface area contributed by atoms with E-state index < -0.39 is 12.1 Å². The summed E-state index contributed by atoms with van der Waals surface area (Å²) in [4.78, 5) is 26.1. The molecule has 0 atom stereocenters. The molecule has 0 saturated carbocycles. The van der Waals surface area contributed by atoms with Crippen LogP contribution in [0.25, 0.3) is 10.6 Å². The second kappa shape index (κ2) is 8.54. The number of carboxylic acid groups (broad SMARTS) is 2. The highest BCUT2D eigenvalue weighted by Gasteiger charge is 2.38. The van der Waals surface area contributed by atoms with E-state index in [0.29, 0.717) is 27.1 Å². The molecule has 0 unspecified atom stereocenters. The lowest BCUT2D eigenvalue weighted by Crippen LogP contribution is -2.24. The van der Waals surface area contributed by atoms with Crippen molar-refractivity contribution in [3.8, 4) is 10.6 Å². The van der Waals surface area contributed by atoms with E-state index in [9.17, 15) is 13.6 Å². The van der Waals surface area contributed by atoms with Crippen molar-refractivity contribution >= 4 is 39.9 Å². The predicted octanol–water partition coefficient (Wildman–Crippen LogP) is 4.97. The summed E-state index contributed by atoms with van der Waals surface area (Å²) in [5, 5.41) is 18.2. The number of anilines is 1. The maximum atomic E-state index is 13.8. The molecular formula is C18H19F2N3O4S2. The van der Waals surface area contributed by atoms with Crippen molar-refractivity contribution in [1.82, 2.24) is 9.36 Å². The zero-order valence-corrected chi connectivity index (χ0v) is 17.1. The van der Waals surface area contributed by atoms with Crippen molar-refractivity contribution in [2.24, 2.45) is 0 Å². The first kappa shape index (κ1) is 21.3. The van der Waals surface area contributed by atoms with Crippen LogP contribution in [0.1, 0.15) is 41.9 Å². The van der Waals surface area contributed by atoms with Crippen LogP contribution in [0.4, 0.5) is 18.6 Å². The van der Waals surface area contributed by atoms with Gasteiger partial charge in [0.15, 0.2) is 0 Å². The monoisotopic (exact) mass is 443 g/mol. The lowest BCUT2D eigenvalue weighted by Gasteiger charge is -2.21. The predicted molar refractivity (Wildman–Crippen MR) is 106 cm³/mol. The maximum Gasteiger partial charge on any atom is 0.503 e. The number of alkyl halides is 2. The second-order valence-electron chi connectivity index (χ2n) is 6.75. The summed E-state index contributed by atoms with van der Waals surface area (Å²) in [5.74, 6) is -2.16. The Bertz CT molecular complexity index is 964. The maximum absolute atomic E-state index is 13.8. The molecule has 7 nitrogen and oxygen atoms in total. The Balaban J connectivity index is 0.000000552. The van der Waals surface area contributed by atoms with E-state index in [1.807, 2.05) is 6.08 Å². The van der Waals surface area contributed by atoms with Crippen LogP contribution in [0.5, 0.6) is 0 Å². The molecule has 4 rings (SSSR count). The molecule has 2 aliphatic rings. The van der Waals surface area contributed by atoms with E-state index in [2.05, 4.69) is 14.7 Å². The molecule has 0 aromatic carbocycles. The molecule has 0 saturated heterocycles. The van der Waals surface area contributed by atoms with Crippen LogP contribution in [0, 0.1) is 6.92 Å². The summed E-state index contributed by atoms with van der Waals surface area (Å²) < 4.78 is 31.9. The van der Waals surface area contributed by atoms with Crippen molar-refractivity contribution < 1.29 is 28.6 Å². The van der Waals surface area contributed by atoms with Crippen molar-refractivity contribution in [1.29, 1.82) is 0 Å². The number of allylic oxidation sites excluding steroid dienone is 1. The summed E-state index contributed by atoms with van der Waals surface area (Å²) in [6, 6.07) is 0. The summed E-state index contributed by atoms with van der Waals surface area (Å²) >= 11 is 2.50. The van der Waals surface area contributed by atoms with Gasteiger partial charge in [-0.1, -0.05) is 6.08 Å². The van der Waals surface area contributed by atoms with Crippen molar-refractivity contribution in [2.45, 2.75) is 51.4 Å². The van der Waals surface area contributed by atoms with Gasteiger partial charge in [0.25, 0.3) is 11.8 Å². The molecule has 156 valence electrons. The summed E-state index contributed by atoms with van der Waals surface area (Å²) in [5.41, 5.74) is 2.45. The third-order valence-electron chi connectivity index (χ3n) is 4.55. The number of thiophene rings is 1. The summed E-state index contributed by atoms with van der Waals surface area (Å²) in [7, 11) is 0. The van der Waals surface area contributed by atoms with Crippen molar-refractivity contribution in [3.05, 3.63) is 27.9 Å². The molecule has 2 aromatic rings. The molecule has 1 amide bonds. The number of nitrogens with zero attached hydrogens (tertiary/aromatic N) is 2. The first-order valence-electron chi connectivity index (χ1n) is 8.91. The number of hydrogen-bond donors (Lipinski definition) is 3. The molecule has 0 fully saturated rings. The highest BCUT2D eigenvalue weighted by atomic mass is 32.1. The minimum absolute atomic E-state index is 0.134. The largest absolute Gasteiger partial charge is 0.503 e. The Kier molecular flexibility index (Phi) is 6.27. The number of rotatable bonds is 3. The molecule has 0 bridgehead atoms. The molecule has 0 aliphatic heterocycles. The molecule has 29 heavy (non-hydrogen) atoms. The topological polar surface area (TPSA) is 112 Å². The number of fused-ring (bicyclic) bond motifs is 1. The molecule has 0 radical (unpaired) electrons. The molecule has 3 N–H and O–H groups in total. The fourth-order valence-corrected chi connectivity index (χ4v) is 5.46. The third-order valence-corrected chi connectivity index (χ3v) is 6.52. The van der Waals surface area contributed by atoms with E-state index in [-0.39, 0.29) is 18.7 Å². The minimum atomic E-state index is -2.68. The number of hydrogen-bond acceptors (Lipinski definition) is 6. The van der Waals surface area contributed by atoms with E-state index in [1.165, 1.54) is 22.9 Å². The Morgan fingerprint density at radius 2 is 2.00 bits per heavy atom. The van der Waals surface area contributed by atoms with Gasteiger partial charge in [0.1, 0.15) is 15.8 Å². The summed E-state index contributed by atoms with van der Waals surface area (Å²) in [6.07, 6.45) is 2.65. The van der Waals surface area contributed by atoms with Crippen LogP contribution in [0.15, 0.2) is 11.6 Å². The average Bonchev–Trinajstić information content (AvgIpc) is 3.32. The van der Waals surface area contributed by atoms with Crippen LogP contribution < -0.4 is 5.32 Å². The zero-order chi connectivity index (χ0) is 21.2. The summed E-state index contributed by atoms with van der Waals surface area (Å²) in [6.45, 7) is 1.80. The zero-order valence-electron chi connectivity index (χ0n) is 15.5. The van der Waals surface area contributed by atoms with Gasteiger partial charge in [-0.25, -0.2) is 18.6 Å². The quantitative estimate of drug-likeness (QED) is 0.617. The number of carbonyl (C=O) groups is 2. The molecule has 2 heterocycles. The average molecular weight is 443 g/mol. The van der Waals surface area contributed by atoms with Gasteiger partial charge >= 0.3 is 6.16 Å².